The largest absolute Gasteiger partial charge is 1.00 e. The molecule has 1 saturated heterocycles. The first-order valence-corrected chi connectivity index (χ1v) is 11.3. The molecule has 6 heteroatoms. The third kappa shape index (κ3) is 4.13. The highest BCUT2D eigenvalue weighted by Crippen LogP contribution is 2.35. The topological polar surface area (TPSA) is 38.0 Å². The lowest BCUT2D eigenvalue weighted by atomic mass is 10.0. The molecule has 1 fully saturated rings. The fraction of sp³-hybridized carbons (Fsp3) is 0.346. The number of carbonyl (C=O) groups is 1. The van der Waals surface area contributed by atoms with Crippen LogP contribution in [0.1, 0.15) is 28.3 Å². The molecule has 0 bridgehead atoms. The molecule has 2 heterocycles. The quantitative estimate of drug-likeness (QED) is 0.351. The molecule has 2 aliphatic heterocycles. The predicted octanol–water partition coefficient (Wildman–Crippen LogP) is -5.03. The Labute approximate surface area is 201 Å². The summed E-state index contributed by atoms with van der Waals surface area (Å²) < 4.78 is 0. The zero-order valence-corrected chi connectivity index (χ0v) is 19.6. The molecule has 1 aliphatic carbocycles. The summed E-state index contributed by atoms with van der Waals surface area (Å²) in [5, 5.41) is 5.86. The lowest BCUT2D eigenvalue weighted by Crippen LogP contribution is -3.28. The second kappa shape index (κ2) is 9.40. The number of amides is 1. The maximum atomic E-state index is 11.6. The maximum absolute atomic E-state index is 11.6. The van der Waals surface area contributed by atoms with Gasteiger partial charge in [0, 0.05) is 24.1 Å². The molecule has 0 radical (unpaired) electrons. The molecule has 0 spiro atoms. The molecule has 3 aromatic carbocycles. The van der Waals surface area contributed by atoms with E-state index in [0.29, 0.717) is 12.5 Å². The summed E-state index contributed by atoms with van der Waals surface area (Å²) in [4.78, 5) is 15.1. The van der Waals surface area contributed by atoms with Crippen molar-refractivity contribution in [2.45, 2.75) is 25.3 Å². The van der Waals surface area contributed by atoms with E-state index in [1.165, 1.54) is 55.5 Å². The van der Waals surface area contributed by atoms with Crippen LogP contribution in [-0.2, 0) is 24.1 Å². The number of benzene rings is 3. The summed E-state index contributed by atoms with van der Waals surface area (Å²) in [5.74, 6) is 0.122. The second-order valence-electron chi connectivity index (χ2n) is 9.24. The van der Waals surface area contributed by atoms with Gasteiger partial charge in [0.15, 0.2) is 0 Å². The van der Waals surface area contributed by atoms with Gasteiger partial charge in [-0.1, -0.05) is 48.5 Å². The first-order valence-electron chi connectivity index (χ1n) is 11.3. The summed E-state index contributed by atoms with van der Waals surface area (Å²) >= 11 is 0. The Kier molecular flexibility index (Phi) is 6.78. The third-order valence-electron chi connectivity index (χ3n) is 7.48. The molecule has 168 valence electrons. The van der Waals surface area contributed by atoms with Gasteiger partial charge in [-0.15, -0.1) is 0 Å². The zero-order valence-electron chi connectivity index (χ0n) is 18.1. The standard InChI is InChI=1S/C26H27N3O.2ClH/c30-25-17-21-15-18(7-8-23(21)27-25)9-10-28-11-13-29(14-12-28)24-16-20-5-1-3-19-4-2-6-22(24)26(19)20;;/h1-8,15,24H,9-14,16-17H2,(H,27,30);2*1H. The minimum Gasteiger partial charge on any atom is -1.00 e. The van der Waals surface area contributed by atoms with E-state index in [0.717, 1.165) is 17.7 Å². The van der Waals surface area contributed by atoms with Gasteiger partial charge in [0.05, 0.1) is 13.0 Å². The Balaban J connectivity index is 0.00000122. The summed E-state index contributed by atoms with van der Waals surface area (Å²) in [6, 6.07) is 20.8. The number of hydrogen-bond acceptors (Lipinski definition) is 1. The monoisotopic (exact) mass is 469 g/mol. The van der Waals surface area contributed by atoms with E-state index in [4.69, 9.17) is 0 Å². The maximum Gasteiger partial charge on any atom is 0.228 e. The van der Waals surface area contributed by atoms with Crippen LogP contribution in [0, 0.1) is 0 Å². The third-order valence-corrected chi connectivity index (χ3v) is 7.48. The summed E-state index contributed by atoms with van der Waals surface area (Å²) in [6.07, 6.45) is 2.83. The molecule has 1 unspecified atom stereocenters. The van der Waals surface area contributed by atoms with E-state index in [2.05, 4.69) is 59.9 Å². The average molecular weight is 470 g/mol. The number of halogens is 2. The van der Waals surface area contributed by atoms with Crippen molar-refractivity contribution in [2.24, 2.45) is 0 Å². The highest BCUT2D eigenvalue weighted by Gasteiger charge is 2.35. The Morgan fingerprint density at radius 2 is 1.69 bits per heavy atom. The molecular weight excluding hydrogens is 441 g/mol. The van der Waals surface area contributed by atoms with Crippen molar-refractivity contribution in [1.82, 2.24) is 0 Å². The van der Waals surface area contributed by atoms with Crippen molar-refractivity contribution in [3.05, 3.63) is 76.9 Å². The van der Waals surface area contributed by atoms with E-state index in [1.807, 2.05) is 0 Å². The minimum absolute atomic E-state index is 0. The first-order chi connectivity index (χ1) is 14.7. The van der Waals surface area contributed by atoms with Crippen molar-refractivity contribution in [3.63, 3.8) is 0 Å². The van der Waals surface area contributed by atoms with Crippen LogP contribution in [-0.4, -0.2) is 38.6 Å². The molecule has 1 atom stereocenters. The first kappa shape index (κ1) is 23.1. The number of anilines is 1. The van der Waals surface area contributed by atoms with Crippen molar-refractivity contribution < 1.29 is 39.4 Å². The summed E-state index contributed by atoms with van der Waals surface area (Å²) in [7, 11) is 0. The van der Waals surface area contributed by atoms with Crippen LogP contribution in [0.2, 0.25) is 0 Å². The van der Waals surface area contributed by atoms with Gasteiger partial charge in [-0.3, -0.25) is 4.79 Å². The van der Waals surface area contributed by atoms with Crippen molar-refractivity contribution in [3.8, 4) is 0 Å². The van der Waals surface area contributed by atoms with Crippen molar-refractivity contribution >= 4 is 22.4 Å². The number of carbonyl (C=O) groups excluding carboxylic acids is 1. The lowest BCUT2D eigenvalue weighted by Gasteiger charge is -2.33. The SMILES string of the molecule is O=C1Cc2cc(CC[NH+]3CC[NH+](C4Cc5cccc6cccc4c56)CC3)ccc2N1.[Cl-].[Cl-]. The van der Waals surface area contributed by atoms with Gasteiger partial charge in [0.25, 0.3) is 0 Å². The number of hydrogen-bond donors (Lipinski definition) is 3. The van der Waals surface area contributed by atoms with Crippen LogP contribution in [0.5, 0.6) is 0 Å². The van der Waals surface area contributed by atoms with Gasteiger partial charge < -0.3 is 39.9 Å². The van der Waals surface area contributed by atoms with Gasteiger partial charge in [-0.25, -0.2) is 0 Å². The van der Waals surface area contributed by atoms with Crippen LogP contribution in [0.15, 0.2) is 54.6 Å². The lowest BCUT2D eigenvalue weighted by molar-refractivity contribution is -1.03. The predicted molar refractivity (Wildman–Crippen MR) is 119 cm³/mol. The van der Waals surface area contributed by atoms with Crippen LogP contribution in [0.3, 0.4) is 0 Å². The van der Waals surface area contributed by atoms with Gasteiger partial charge in [0.1, 0.15) is 32.2 Å². The molecule has 1 amide bonds. The molecule has 6 rings (SSSR count). The molecular formula is C26H29Cl2N3O. The molecule has 0 aromatic heterocycles. The van der Waals surface area contributed by atoms with E-state index in [9.17, 15) is 4.79 Å². The van der Waals surface area contributed by atoms with Gasteiger partial charge in [-0.2, -0.15) is 0 Å². The van der Waals surface area contributed by atoms with Crippen LogP contribution < -0.4 is 39.9 Å². The average Bonchev–Trinajstić information content (AvgIpc) is 3.34. The molecule has 3 N–H and O–H groups in total. The van der Waals surface area contributed by atoms with E-state index >= 15 is 0 Å². The Bertz CT molecular complexity index is 1140. The fourth-order valence-corrected chi connectivity index (χ4v) is 5.89. The minimum atomic E-state index is 0. The van der Waals surface area contributed by atoms with Gasteiger partial charge in [-0.05, 0) is 33.5 Å². The van der Waals surface area contributed by atoms with Gasteiger partial charge >= 0.3 is 0 Å². The number of piperazine rings is 1. The van der Waals surface area contributed by atoms with E-state index in [-0.39, 0.29) is 30.7 Å². The number of fused-ring (bicyclic) bond motifs is 1. The van der Waals surface area contributed by atoms with Crippen LogP contribution in [0.4, 0.5) is 5.69 Å². The second-order valence-corrected chi connectivity index (χ2v) is 9.24. The van der Waals surface area contributed by atoms with E-state index < -0.39 is 0 Å². The summed E-state index contributed by atoms with van der Waals surface area (Å²) in [5.41, 5.74) is 6.64. The van der Waals surface area contributed by atoms with E-state index in [1.54, 1.807) is 20.9 Å². The van der Waals surface area contributed by atoms with Crippen LogP contribution >= 0.6 is 0 Å². The Morgan fingerprint density at radius 3 is 2.50 bits per heavy atom. The van der Waals surface area contributed by atoms with Crippen molar-refractivity contribution in [2.75, 3.05) is 38.0 Å². The number of rotatable bonds is 4. The smallest absolute Gasteiger partial charge is 0.228 e. The molecule has 0 saturated carbocycles. The van der Waals surface area contributed by atoms with Crippen LogP contribution in [0.25, 0.3) is 10.8 Å². The molecule has 4 nitrogen and oxygen atoms in total. The zero-order chi connectivity index (χ0) is 20.1. The highest BCUT2D eigenvalue weighted by molar-refractivity contribution is 5.99. The molecule has 3 aliphatic rings. The van der Waals surface area contributed by atoms with Crippen molar-refractivity contribution in [1.29, 1.82) is 0 Å². The molecule has 32 heavy (non-hydrogen) atoms. The Hall–Kier alpha value is -2.11. The fourth-order valence-electron chi connectivity index (χ4n) is 5.89. The van der Waals surface area contributed by atoms with Gasteiger partial charge in [0.2, 0.25) is 5.91 Å². The number of nitrogens with one attached hydrogen (secondary N) is 3. The molecule has 3 aromatic rings. The number of quaternary nitrogens is 2. The highest BCUT2D eigenvalue weighted by atomic mass is 35.5. The normalized spacial score (nSPS) is 23.2. The Morgan fingerprint density at radius 1 is 0.906 bits per heavy atom. The summed E-state index contributed by atoms with van der Waals surface area (Å²) in [6.45, 7) is 6.21.